The van der Waals surface area contributed by atoms with E-state index in [1.807, 2.05) is 64.1 Å². The summed E-state index contributed by atoms with van der Waals surface area (Å²) in [7, 11) is 3.21. The van der Waals surface area contributed by atoms with Gasteiger partial charge in [0.2, 0.25) is 5.69 Å². The van der Waals surface area contributed by atoms with Crippen LogP contribution >= 0.6 is 0 Å². The number of hydrogen-bond donors (Lipinski definition) is 2. The number of anilines is 1. The predicted octanol–water partition coefficient (Wildman–Crippen LogP) is 6.68. The van der Waals surface area contributed by atoms with Gasteiger partial charge in [0.05, 0.1) is 30.8 Å². The minimum absolute atomic E-state index is 0.0849. The molecular weight excluding hydrogens is 684 g/mol. The lowest BCUT2D eigenvalue weighted by Gasteiger charge is -2.33. The van der Waals surface area contributed by atoms with Crippen molar-refractivity contribution in [2.75, 3.05) is 19.1 Å². The number of rotatable bonds is 10. The molecule has 0 aromatic heterocycles. The van der Waals surface area contributed by atoms with Crippen molar-refractivity contribution in [1.29, 1.82) is 0 Å². The highest BCUT2D eigenvalue weighted by Gasteiger charge is 2.47. The lowest BCUT2D eigenvalue weighted by molar-refractivity contribution is -0.455. The molecule has 0 unspecified atom stereocenters. The Hall–Kier alpha value is -6.42. The Bertz CT molecular complexity index is 2380. The summed E-state index contributed by atoms with van der Waals surface area (Å²) in [4.78, 5) is 39.1. The van der Waals surface area contributed by atoms with Crippen molar-refractivity contribution < 1.29 is 43.8 Å². The minimum atomic E-state index is -1.01. The van der Waals surface area contributed by atoms with Gasteiger partial charge in [-0.2, -0.15) is 4.58 Å². The van der Waals surface area contributed by atoms with Gasteiger partial charge in [0.25, 0.3) is 0 Å². The van der Waals surface area contributed by atoms with Crippen LogP contribution < -0.4 is 19.5 Å². The van der Waals surface area contributed by atoms with Gasteiger partial charge in [-0.15, -0.1) is 0 Å². The zero-order chi connectivity index (χ0) is 38.7. The van der Waals surface area contributed by atoms with Gasteiger partial charge >= 0.3 is 11.9 Å². The summed E-state index contributed by atoms with van der Waals surface area (Å²) in [6.07, 6.45) is 3.40. The molecule has 0 saturated heterocycles. The van der Waals surface area contributed by atoms with Gasteiger partial charge in [0.1, 0.15) is 11.5 Å². The van der Waals surface area contributed by atoms with Gasteiger partial charge in [-0.05, 0) is 85.6 Å². The van der Waals surface area contributed by atoms with Gasteiger partial charge in [-0.1, -0.05) is 43.9 Å². The van der Waals surface area contributed by atoms with Crippen LogP contribution in [0.2, 0.25) is 0 Å². The zero-order valence-electron chi connectivity index (χ0n) is 30.9. The fraction of sp³-hybridized carbons (Fsp3) is 0.227. The van der Waals surface area contributed by atoms with Crippen LogP contribution in [0, 0.1) is 0 Å². The number of carboxylic acids is 2. The van der Waals surface area contributed by atoms with E-state index in [-0.39, 0.29) is 33.8 Å². The van der Waals surface area contributed by atoms with Crippen LogP contribution in [0.25, 0.3) is 0 Å². The van der Waals surface area contributed by atoms with E-state index < -0.39 is 22.8 Å². The van der Waals surface area contributed by atoms with Crippen molar-refractivity contribution in [2.45, 2.75) is 51.6 Å². The van der Waals surface area contributed by atoms with E-state index in [2.05, 4.69) is 9.48 Å². The molecule has 1 aliphatic carbocycles. The molecule has 4 aromatic carbocycles. The molecular formula is C44H40N2O8. The number of nitrogens with zero attached hydrogens (tertiary/aromatic N) is 2. The van der Waals surface area contributed by atoms with Gasteiger partial charge < -0.3 is 29.7 Å². The average molecular weight is 725 g/mol. The Morgan fingerprint density at radius 3 is 1.87 bits per heavy atom. The van der Waals surface area contributed by atoms with Crippen LogP contribution in [0.5, 0.6) is 11.5 Å². The summed E-state index contributed by atoms with van der Waals surface area (Å²) < 4.78 is 13.2. The fourth-order valence-corrected chi connectivity index (χ4v) is 7.66. The summed E-state index contributed by atoms with van der Waals surface area (Å²) in [5.41, 5.74) is 6.25. The van der Waals surface area contributed by atoms with E-state index in [9.17, 15) is 29.7 Å². The molecule has 3 aliphatic rings. The maximum Gasteiger partial charge on any atom is 0.335 e. The highest BCUT2D eigenvalue weighted by atomic mass is 16.5. The third-order valence-corrected chi connectivity index (χ3v) is 10.8. The quantitative estimate of drug-likeness (QED) is 0.135. The number of carbonyl (C=O) groups is 3. The van der Waals surface area contributed by atoms with Crippen LogP contribution in [-0.2, 0) is 28.7 Å². The Labute approximate surface area is 313 Å². The van der Waals surface area contributed by atoms with Crippen molar-refractivity contribution in [2.24, 2.45) is 0 Å². The van der Waals surface area contributed by atoms with E-state index in [1.165, 1.54) is 0 Å². The second-order valence-corrected chi connectivity index (χ2v) is 14.7. The third kappa shape index (κ3) is 5.93. The molecule has 0 bridgehead atoms. The Morgan fingerprint density at radius 2 is 1.31 bits per heavy atom. The second kappa shape index (κ2) is 13.2. The predicted molar refractivity (Wildman–Crippen MR) is 202 cm³/mol. The number of allylic oxidation sites excluding steroid dienone is 5. The van der Waals surface area contributed by atoms with Gasteiger partial charge in [0.15, 0.2) is 18.0 Å². The lowest BCUT2D eigenvalue weighted by Crippen LogP contribution is -2.35. The standard InChI is InChI=1S/C44H40N2O8/c1-43(2)33-19-29(53-5)15-17-35(33)45(23-25-7-11-27(12-8-25)41(49)50)37(43)21-31-39(47)32(40(31)48)22-38-44(3,4)34-20-30(54-6)16-18-36(34)46(38)24-26-9-13-28(14-10-26)42(51)52/h7-22H,23-24H2,1-6H3,(H2-,47,48,49,50,51,52). The summed E-state index contributed by atoms with van der Waals surface area (Å²) in [5.74, 6) is -1.37. The van der Waals surface area contributed by atoms with Crippen LogP contribution in [0.15, 0.2) is 120 Å². The highest BCUT2D eigenvalue weighted by Crippen LogP contribution is 2.51. The number of benzene rings is 4. The number of carbonyl (C=O) groups excluding carboxylic acids is 1. The third-order valence-electron chi connectivity index (χ3n) is 10.8. The van der Waals surface area contributed by atoms with Crippen LogP contribution in [-0.4, -0.2) is 52.4 Å². The van der Waals surface area contributed by atoms with E-state index in [4.69, 9.17) is 9.47 Å². The molecule has 2 N–H and O–H groups in total. The van der Waals surface area contributed by atoms with E-state index in [0.29, 0.717) is 24.6 Å². The summed E-state index contributed by atoms with van der Waals surface area (Å²) in [5, 5.41) is 32.9. The SMILES string of the molecule is COc1ccc2c(c1)C(C)(C)C(/C=C1/C(=O)C(/C=C3/N(Cc4ccc(C(=O)O)cc4)c4ccc(OC)cc4C3(C)C)=C1[O-])=[N+]2Cc1ccc(C(=O)O)cc1. The zero-order valence-corrected chi connectivity index (χ0v) is 30.9. The van der Waals surface area contributed by atoms with Gasteiger partial charge in [0, 0.05) is 57.8 Å². The van der Waals surface area contributed by atoms with Crippen molar-refractivity contribution in [3.05, 3.63) is 153 Å². The van der Waals surface area contributed by atoms with Crippen LogP contribution in [0.1, 0.15) is 70.7 Å². The second-order valence-electron chi connectivity index (χ2n) is 14.7. The Kier molecular flexibility index (Phi) is 8.80. The largest absolute Gasteiger partial charge is 0.871 e. The topological polar surface area (TPSA) is 139 Å². The molecule has 4 aromatic rings. The first kappa shape index (κ1) is 36.0. The Balaban J connectivity index is 1.31. The number of Topliss-reactive ketones (excluding diaryl/α,β-unsaturated/α-hetero) is 1. The van der Waals surface area contributed by atoms with E-state index >= 15 is 0 Å². The maximum absolute atomic E-state index is 14.1. The molecule has 2 heterocycles. The molecule has 274 valence electrons. The first-order chi connectivity index (χ1) is 25.6. The molecule has 0 amide bonds. The number of aromatic carboxylic acids is 2. The molecule has 54 heavy (non-hydrogen) atoms. The molecule has 2 aliphatic heterocycles. The lowest BCUT2D eigenvalue weighted by atomic mass is 9.77. The fourth-order valence-electron chi connectivity index (χ4n) is 7.66. The number of ketones is 1. The molecule has 0 saturated carbocycles. The van der Waals surface area contributed by atoms with Crippen molar-refractivity contribution in [1.82, 2.24) is 0 Å². The van der Waals surface area contributed by atoms with E-state index in [1.54, 1.807) is 74.9 Å². The number of carboxylic acid groups (broad SMARTS) is 2. The first-order valence-corrected chi connectivity index (χ1v) is 17.5. The molecule has 0 atom stereocenters. The summed E-state index contributed by atoms with van der Waals surface area (Å²) >= 11 is 0. The molecule has 7 rings (SSSR count). The normalized spacial score (nSPS) is 18.2. The van der Waals surface area contributed by atoms with Crippen molar-refractivity contribution in [3.8, 4) is 11.5 Å². The number of ether oxygens (including phenoxy) is 2. The number of hydrogen-bond acceptors (Lipinski definition) is 7. The maximum atomic E-state index is 14.1. The summed E-state index contributed by atoms with van der Waals surface area (Å²) in [6, 6.07) is 24.9. The molecule has 0 radical (unpaired) electrons. The molecule has 0 fully saturated rings. The van der Waals surface area contributed by atoms with Gasteiger partial charge in [-0.3, -0.25) is 4.79 Å². The highest BCUT2D eigenvalue weighted by molar-refractivity contribution is 6.24. The van der Waals surface area contributed by atoms with Crippen LogP contribution in [0.3, 0.4) is 0 Å². The average Bonchev–Trinajstić information content (AvgIpc) is 3.49. The molecule has 10 nitrogen and oxygen atoms in total. The Morgan fingerprint density at radius 1 is 0.759 bits per heavy atom. The van der Waals surface area contributed by atoms with Crippen LogP contribution in [0.4, 0.5) is 11.4 Å². The van der Waals surface area contributed by atoms with Gasteiger partial charge in [-0.25, -0.2) is 9.59 Å². The van der Waals surface area contributed by atoms with E-state index in [0.717, 1.165) is 45.0 Å². The smallest absolute Gasteiger partial charge is 0.335 e. The minimum Gasteiger partial charge on any atom is -0.871 e. The summed E-state index contributed by atoms with van der Waals surface area (Å²) in [6.45, 7) is 8.92. The van der Waals surface area contributed by atoms with Crippen molar-refractivity contribution in [3.63, 3.8) is 0 Å². The van der Waals surface area contributed by atoms with Crippen molar-refractivity contribution >= 4 is 34.8 Å². The molecule has 0 spiro atoms. The first-order valence-electron chi connectivity index (χ1n) is 17.5. The number of methoxy groups -OCH3 is 2. The number of fused-ring (bicyclic) bond motifs is 2. The monoisotopic (exact) mass is 724 g/mol. The molecule has 10 heteroatoms.